The molecule has 0 unspecified atom stereocenters. The lowest BCUT2D eigenvalue weighted by Crippen LogP contribution is -2.32. The van der Waals surface area contributed by atoms with Crippen LogP contribution in [0.2, 0.25) is 5.02 Å². The lowest BCUT2D eigenvalue weighted by Gasteiger charge is -2.08. The van der Waals surface area contributed by atoms with Gasteiger partial charge in [-0.1, -0.05) is 86.0 Å². The van der Waals surface area contributed by atoms with Gasteiger partial charge in [0, 0.05) is 33.6 Å². The first kappa shape index (κ1) is 26.7. The fourth-order valence-corrected chi connectivity index (χ4v) is 5.64. The molecule has 0 aliphatic carbocycles. The number of H-pyrrole nitrogens is 1. The molecule has 4 aromatic rings. The second-order valence-corrected chi connectivity index (χ2v) is 11.5. The molecule has 0 radical (unpaired) electrons. The average Bonchev–Trinajstić information content (AvgIpc) is 3.18. The monoisotopic (exact) mass is 534 g/mol. The van der Waals surface area contributed by atoms with E-state index in [0.717, 1.165) is 51.7 Å². The summed E-state index contributed by atoms with van der Waals surface area (Å²) in [7, 11) is -3.67. The zero-order valence-electron chi connectivity index (χ0n) is 21.1. The SMILES string of the molecule is CCCCCS(=O)(=O)NC(=O)c1ccc2[nH]c(C)c(Cc3ccc(C=Cc4ccccc4)cc3Cl)c2c1. The Morgan fingerprint density at radius 2 is 1.73 bits per heavy atom. The quantitative estimate of drug-likeness (QED) is 0.167. The summed E-state index contributed by atoms with van der Waals surface area (Å²) in [5, 5.41) is 1.54. The second kappa shape index (κ2) is 11.8. The Labute approximate surface area is 223 Å². The van der Waals surface area contributed by atoms with E-state index in [1.54, 1.807) is 12.1 Å². The van der Waals surface area contributed by atoms with Gasteiger partial charge in [0.15, 0.2) is 0 Å². The molecule has 3 aromatic carbocycles. The summed E-state index contributed by atoms with van der Waals surface area (Å²) in [5.74, 6) is -0.672. The van der Waals surface area contributed by atoms with Crippen LogP contribution in [-0.2, 0) is 16.4 Å². The molecule has 1 aromatic heterocycles. The fourth-order valence-electron chi connectivity index (χ4n) is 4.30. The summed E-state index contributed by atoms with van der Waals surface area (Å²) in [5.41, 5.74) is 6.27. The molecule has 0 spiro atoms. The van der Waals surface area contributed by atoms with Crippen molar-refractivity contribution in [3.05, 3.63) is 105 Å². The van der Waals surface area contributed by atoms with E-state index in [0.29, 0.717) is 23.4 Å². The molecule has 0 aliphatic heterocycles. The third-order valence-corrected chi connectivity index (χ3v) is 8.03. The van der Waals surface area contributed by atoms with Gasteiger partial charge in [-0.15, -0.1) is 0 Å². The summed E-state index contributed by atoms with van der Waals surface area (Å²) in [6.45, 7) is 3.99. The smallest absolute Gasteiger partial charge is 0.264 e. The van der Waals surface area contributed by atoms with Crippen molar-refractivity contribution in [2.75, 3.05) is 5.75 Å². The number of aromatic amines is 1. The van der Waals surface area contributed by atoms with Crippen LogP contribution in [0, 0.1) is 6.92 Å². The molecule has 5 nitrogen and oxygen atoms in total. The van der Waals surface area contributed by atoms with E-state index >= 15 is 0 Å². The average molecular weight is 535 g/mol. The Hall–Kier alpha value is -3.35. The van der Waals surface area contributed by atoms with Crippen LogP contribution < -0.4 is 4.72 Å². The van der Waals surface area contributed by atoms with Crippen molar-refractivity contribution < 1.29 is 13.2 Å². The first-order valence-corrected chi connectivity index (χ1v) is 14.5. The van der Waals surface area contributed by atoms with E-state index in [-0.39, 0.29) is 5.75 Å². The number of unbranched alkanes of at least 4 members (excludes halogenated alkanes) is 2. The number of sulfonamides is 1. The summed E-state index contributed by atoms with van der Waals surface area (Å²) in [6.07, 6.45) is 6.90. The first-order chi connectivity index (χ1) is 17.8. The molecular weight excluding hydrogens is 504 g/mol. The molecule has 7 heteroatoms. The van der Waals surface area contributed by atoms with Crippen LogP contribution in [0.25, 0.3) is 23.1 Å². The third-order valence-electron chi connectivity index (χ3n) is 6.36. The third kappa shape index (κ3) is 6.90. The predicted molar refractivity (Wildman–Crippen MR) is 153 cm³/mol. The van der Waals surface area contributed by atoms with Crippen molar-refractivity contribution >= 4 is 50.6 Å². The van der Waals surface area contributed by atoms with Crippen LogP contribution in [0.4, 0.5) is 0 Å². The van der Waals surface area contributed by atoms with Gasteiger partial charge < -0.3 is 4.98 Å². The molecule has 1 amide bonds. The minimum absolute atomic E-state index is 0.0572. The molecule has 0 bridgehead atoms. The maximum Gasteiger partial charge on any atom is 0.264 e. The van der Waals surface area contributed by atoms with Crippen LogP contribution in [0.3, 0.4) is 0 Å². The van der Waals surface area contributed by atoms with E-state index in [2.05, 4.69) is 9.71 Å². The Kier molecular flexibility index (Phi) is 8.52. The highest BCUT2D eigenvalue weighted by Crippen LogP contribution is 2.29. The molecule has 0 saturated carbocycles. The van der Waals surface area contributed by atoms with Gasteiger partial charge in [-0.3, -0.25) is 4.79 Å². The van der Waals surface area contributed by atoms with E-state index in [1.165, 1.54) is 0 Å². The van der Waals surface area contributed by atoms with Crippen LogP contribution in [0.5, 0.6) is 0 Å². The number of fused-ring (bicyclic) bond motifs is 1. The van der Waals surface area contributed by atoms with Gasteiger partial charge in [0.05, 0.1) is 5.75 Å². The van der Waals surface area contributed by atoms with Crippen LogP contribution in [0.15, 0.2) is 66.7 Å². The summed E-state index contributed by atoms with van der Waals surface area (Å²) < 4.78 is 26.8. The normalized spacial score (nSPS) is 11.9. The van der Waals surface area contributed by atoms with Gasteiger partial charge in [0.2, 0.25) is 10.0 Å². The Bertz CT molecular complexity index is 1540. The molecule has 2 N–H and O–H groups in total. The number of nitrogens with one attached hydrogen (secondary N) is 2. The highest BCUT2D eigenvalue weighted by Gasteiger charge is 2.18. The maximum atomic E-state index is 12.7. The molecule has 4 rings (SSSR count). The van der Waals surface area contributed by atoms with Crippen molar-refractivity contribution in [2.45, 2.75) is 39.5 Å². The highest BCUT2D eigenvalue weighted by molar-refractivity contribution is 7.90. The Balaban J connectivity index is 1.54. The minimum atomic E-state index is -3.67. The fraction of sp³-hybridized carbons (Fsp3) is 0.233. The summed E-state index contributed by atoms with van der Waals surface area (Å²) in [4.78, 5) is 16.1. The zero-order valence-corrected chi connectivity index (χ0v) is 22.6. The number of amides is 1. The maximum absolute atomic E-state index is 12.7. The number of aryl methyl sites for hydroxylation is 1. The molecule has 0 atom stereocenters. The molecule has 0 saturated heterocycles. The van der Waals surface area contributed by atoms with Crippen molar-refractivity contribution in [3.8, 4) is 0 Å². The summed E-state index contributed by atoms with van der Waals surface area (Å²) in [6, 6.07) is 21.3. The van der Waals surface area contributed by atoms with E-state index in [9.17, 15) is 13.2 Å². The summed E-state index contributed by atoms with van der Waals surface area (Å²) >= 11 is 6.66. The zero-order chi connectivity index (χ0) is 26.4. The topological polar surface area (TPSA) is 79.0 Å². The number of hydrogen-bond donors (Lipinski definition) is 2. The van der Waals surface area contributed by atoms with Gasteiger partial charge in [0.25, 0.3) is 5.91 Å². The number of carbonyl (C=O) groups is 1. The number of benzene rings is 3. The lowest BCUT2D eigenvalue weighted by atomic mass is 9.99. The molecule has 192 valence electrons. The van der Waals surface area contributed by atoms with Crippen molar-refractivity contribution in [1.29, 1.82) is 0 Å². The Morgan fingerprint density at radius 3 is 2.46 bits per heavy atom. The van der Waals surface area contributed by atoms with Crippen LogP contribution in [0.1, 0.15) is 64.5 Å². The lowest BCUT2D eigenvalue weighted by molar-refractivity contribution is 0.0981. The number of rotatable bonds is 10. The van der Waals surface area contributed by atoms with E-state index in [4.69, 9.17) is 11.6 Å². The van der Waals surface area contributed by atoms with Gasteiger partial charge in [-0.25, -0.2) is 13.1 Å². The van der Waals surface area contributed by atoms with Gasteiger partial charge >= 0.3 is 0 Å². The Morgan fingerprint density at radius 1 is 0.973 bits per heavy atom. The van der Waals surface area contributed by atoms with Crippen LogP contribution in [-0.4, -0.2) is 25.1 Å². The van der Waals surface area contributed by atoms with E-state index in [1.807, 2.05) is 80.6 Å². The van der Waals surface area contributed by atoms with Crippen LogP contribution >= 0.6 is 11.6 Å². The second-order valence-electron chi connectivity index (χ2n) is 9.22. The minimum Gasteiger partial charge on any atom is -0.358 e. The molecule has 0 aliphatic rings. The molecule has 0 fully saturated rings. The van der Waals surface area contributed by atoms with E-state index < -0.39 is 15.9 Å². The van der Waals surface area contributed by atoms with Gasteiger partial charge in [0.1, 0.15) is 0 Å². The predicted octanol–water partition coefficient (Wildman–Crippen LogP) is 7.14. The van der Waals surface area contributed by atoms with Crippen molar-refractivity contribution in [1.82, 2.24) is 9.71 Å². The molecular formula is C30H31ClN2O3S. The number of carbonyl (C=O) groups excluding carboxylic acids is 1. The molecule has 1 heterocycles. The first-order valence-electron chi connectivity index (χ1n) is 12.4. The largest absolute Gasteiger partial charge is 0.358 e. The van der Waals surface area contributed by atoms with Gasteiger partial charge in [-0.05, 0) is 59.9 Å². The van der Waals surface area contributed by atoms with Gasteiger partial charge in [-0.2, -0.15) is 0 Å². The number of hydrogen-bond acceptors (Lipinski definition) is 3. The van der Waals surface area contributed by atoms with Crippen molar-refractivity contribution in [3.63, 3.8) is 0 Å². The highest BCUT2D eigenvalue weighted by atomic mass is 35.5. The molecule has 37 heavy (non-hydrogen) atoms. The van der Waals surface area contributed by atoms with Crippen molar-refractivity contribution in [2.24, 2.45) is 0 Å². The number of aromatic nitrogens is 1. The number of halogens is 1. The standard InChI is InChI=1S/C30H31ClN2O3S/c1-3-4-8-17-37(35,36)33-30(34)25-15-16-29-27(20-25)26(21(2)32-29)19-24-14-13-23(18-28(24)31)12-11-22-9-6-5-7-10-22/h5-7,9-16,18,20,32H,3-4,8,17,19H2,1-2H3,(H,33,34).